The van der Waals surface area contributed by atoms with Crippen molar-refractivity contribution in [1.29, 1.82) is 0 Å². The lowest BCUT2D eigenvalue weighted by Gasteiger charge is -2.06. The van der Waals surface area contributed by atoms with E-state index in [-0.39, 0.29) is 21.2 Å². The fourth-order valence-electron chi connectivity index (χ4n) is 4.81. The maximum atomic E-state index is 11.8. The molecule has 280 valence electrons. The third-order valence-corrected chi connectivity index (χ3v) is 8.79. The third-order valence-electron chi connectivity index (χ3n) is 7.69. The molecule has 2 aromatic rings. The zero-order valence-corrected chi connectivity index (χ0v) is 32.4. The van der Waals surface area contributed by atoms with E-state index in [1.807, 2.05) is 0 Å². The van der Waals surface area contributed by atoms with Crippen LogP contribution in [0.4, 0.5) is 0 Å². The summed E-state index contributed by atoms with van der Waals surface area (Å²) in [5.41, 5.74) is 0.00198. The predicted molar refractivity (Wildman–Crippen MR) is 200 cm³/mol. The first-order valence-electron chi connectivity index (χ1n) is 17.8. The van der Waals surface area contributed by atoms with Gasteiger partial charge < -0.3 is 0 Å². The molecule has 0 radical (unpaired) electrons. The fourth-order valence-corrected chi connectivity index (χ4v) is 5.78. The first-order chi connectivity index (χ1) is 24.1. The molecule has 0 atom stereocenters. The Morgan fingerprint density at radius 2 is 0.740 bits per heavy atom. The summed E-state index contributed by atoms with van der Waals surface area (Å²) in [7, 11) is 0. The number of carbonyl (C=O) groups excluding carboxylic acids is 4. The van der Waals surface area contributed by atoms with E-state index in [2.05, 4.69) is 33.4 Å². The van der Waals surface area contributed by atoms with Crippen LogP contribution in [0.15, 0.2) is 36.4 Å². The van der Waals surface area contributed by atoms with Gasteiger partial charge in [-0.15, -0.1) is 0 Å². The summed E-state index contributed by atoms with van der Waals surface area (Å²) in [6.07, 6.45) is 22.3. The number of halogens is 4. The molecule has 0 saturated heterocycles. The molecule has 2 aromatic carbocycles. The molecule has 0 N–H and O–H groups in total. The lowest BCUT2D eigenvalue weighted by Crippen LogP contribution is -2.12. The molecule has 0 amide bonds. The first kappa shape index (κ1) is 45.5. The Kier molecular flexibility index (Phi) is 26.5. The lowest BCUT2D eigenvalue weighted by atomic mass is 10.1. The summed E-state index contributed by atoms with van der Waals surface area (Å²) >= 11 is 23.1. The summed E-state index contributed by atoms with van der Waals surface area (Å²) in [4.78, 5) is 64.8. The van der Waals surface area contributed by atoms with Crippen molar-refractivity contribution in [3.05, 3.63) is 67.6 Å². The largest absolute Gasteiger partial charge is 0.387 e. The van der Waals surface area contributed by atoms with Gasteiger partial charge in [-0.3, -0.25) is 0 Å². The number of rotatable bonds is 22. The van der Waals surface area contributed by atoms with E-state index in [0.717, 1.165) is 38.5 Å². The molecular weight excluding hydrogens is 726 g/mol. The van der Waals surface area contributed by atoms with Crippen LogP contribution in [0.3, 0.4) is 0 Å². The molecule has 0 saturated carbocycles. The Hall–Kier alpha value is -2.52. The van der Waals surface area contributed by atoms with Gasteiger partial charge in [0, 0.05) is 10.0 Å². The van der Waals surface area contributed by atoms with E-state index < -0.39 is 23.9 Å². The topological polar surface area (TPSA) is 105 Å². The van der Waals surface area contributed by atoms with E-state index in [9.17, 15) is 19.2 Å². The summed E-state index contributed by atoms with van der Waals surface area (Å²) in [5, 5.41) is 0.842. The van der Waals surface area contributed by atoms with Crippen molar-refractivity contribution >= 4 is 70.3 Å². The van der Waals surface area contributed by atoms with Gasteiger partial charge in [0.15, 0.2) is 0 Å². The van der Waals surface area contributed by atoms with Gasteiger partial charge in [-0.2, -0.15) is 0 Å². The van der Waals surface area contributed by atoms with Gasteiger partial charge in [0.25, 0.3) is 0 Å². The molecule has 0 unspecified atom stereocenters. The highest BCUT2D eigenvalue weighted by atomic mass is 35.5. The number of hydrogen-bond donors (Lipinski definition) is 0. The monoisotopic (exact) mass is 776 g/mol. The van der Waals surface area contributed by atoms with E-state index in [1.54, 1.807) is 0 Å². The molecule has 8 nitrogen and oxygen atoms in total. The minimum atomic E-state index is -0.944. The zero-order valence-electron chi connectivity index (χ0n) is 29.4. The van der Waals surface area contributed by atoms with Crippen molar-refractivity contribution in [3.8, 4) is 0 Å². The van der Waals surface area contributed by atoms with Crippen molar-refractivity contribution in [3.63, 3.8) is 0 Å². The molecule has 50 heavy (non-hydrogen) atoms. The van der Waals surface area contributed by atoms with Crippen LogP contribution in [0.5, 0.6) is 0 Å². The number of unbranched alkanes of at least 4 members (excludes halogenated alkanes) is 16. The number of hydrogen-bond acceptors (Lipinski definition) is 8. The highest BCUT2D eigenvalue weighted by Crippen LogP contribution is 2.24. The second kappa shape index (κ2) is 29.1. The van der Waals surface area contributed by atoms with Crippen LogP contribution >= 0.6 is 46.4 Å². The van der Waals surface area contributed by atoms with Crippen molar-refractivity contribution in [1.82, 2.24) is 0 Å². The molecule has 0 bridgehead atoms. The zero-order chi connectivity index (χ0) is 37.0. The SMILES string of the molecule is CCCCCCCCCCCC(=O)OOC(=O)CCCCCCCCCCC.O=C(OOC(=O)c1ccc(Cl)cc1Cl)c1ccc(Cl)cc1Cl. The first-order valence-corrected chi connectivity index (χ1v) is 19.3. The Morgan fingerprint density at radius 3 is 1.04 bits per heavy atom. The van der Waals surface area contributed by atoms with E-state index in [0.29, 0.717) is 22.9 Å². The molecule has 0 spiro atoms. The molecular formula is C38H52Cl4O8. The van der Waals surface area contributed by atoms with Crippen LogP contribution < -0.4 is 0 Å². The maximum Gasteiger partial charge on any atom is 0.387 e. The molecule has 0 fully saturated rings. The molecule has 12 heteroatoms. The minimum absolute atomic E-state index is 0.000990. The molecule has 0 aliphatic carbocycles. The maximum absolute atomic E-state index is 11.8. The Balaban J connectivity index is 0.000000512. The molecule has 0 aromatic heterocycles. The normalized spacial score (nSPS) is 10.5. The summed E-state index contributed by atoms with van der Waals surface area (Å²) in [5.74, 6) is -2.74. The average molecular weight is 779 g/mol. The van der Waals surface area contributed by atoms with Crippen molar-refractivity contribution in [2.75, 3.05) is 0 Å². The van der Waals surface area contributed by atoms with Crippen LogP contribution in [0.1, 0.15) is 163 Å². The molecule has 0 aliphatic heterocycles. The van der Waals surface area contributed by atoms with Gasteiger partial charge in [-0.05, 0) is 49.2 Å². The standard InChI is InChI=1S/C24H46O4.C14H6Cl4O4/c1-3-5-7-9-11-13-15-17-19-21-23(25)27-28-24(26)22-20-18-16-14-12-10-8-6-4-2;15-7-1-3-9(11(17)5-7)13(19)21-22-14(20)10-4-2-8(16)6-12(10)18/h3-22H2,1-2H3;1-6H. The van der Waals surface area contributed by atoms with Gasteiger partial charge in [-0.25, -0.2) is 38.7 Å². The number of benzene rings is 2. The minimum Gasteiger partial charge on any atom is -0.247 e. The number of carbonyl (C=O) groups is 4. The van der Waals surface area contributed by atoms with E-state index in [1.165, 1.54) is 113 Å². The molecule has 0 heterocycles. The summed E-state index contributed by atoms with van der Waals surface area (Å²) in [6, 6.07) is 8.30. The van der Waals surface area contributed by atoms with Crippen molar-refractivity contribution in [2.24, 2.45) is 0 Å². The van der Waals surface area contributed by atoms with Gasteiger partial charge in [0.05, 0.1) is 34.0 Å². The predicted octanol–water partition coefficient (Wildman–Crippen LogP) is 13.1. The Labute approximate surface area is 317 Å². The van der Waals surface area contributed by atoms with Crippen LogP contribution in [0.2, 0.25) is 20.1 Å². The molecule has 0 aliphatic rings. The Morgan fingerprint density at radius 1 is 0.440 bits per heavy atom. The van der Waals surface area contributed by atoms with Crippen LogP contribution in [-0.2, 0) is 29.1 Å². The highest BCUT2D eigenvalue weighted by Gasteiger charge is 2.19. The van der Waals surface area contributed by atoms with Gasteiger partial charge in [0.1, 0.15) is 0 Å². The van der Waals surface area contributed by atoms with E-state index >= 15 is 0 Å². The quantitative estimate of drug-likeness (QED) is 0.0661. The van der Waals surface area contributed by atoms with E-state index in [4.69, 9.17) is 46.4 Å². The van der Waals surface area contributed by atoms with Crippen LogP contribution in [0.25, 0.3) is 0 Å². The second-order valence-electron chi connectivity index (χ2n) is 12.1. The Bertz CT molecular complexity index is 1190. The second-order valence-corrected chi connectivity index (χ2v) is 13.7. The van der Waals surface area contributed by atoms with Crippen molar-refractivity contribution < 1.29 is 38.7 Å². The summed E-state index contributed by atoms with van der Waals surface area (Å²) in [6.45, 7) is 4.46. The lowest BCUT2D eigenvalue weighted by molar-refractivity contribution is -0.259. The van der Waals surface area contributed by atoms with Crippen LogP contribution in [0, 0.1) is 0 Å². The fraction of sp³-hybridized carbons (Fsp3) is 0.579. The van der Waals surface area contributed by atoms with Crippen molar-refractivity contribution in [2.45, 2.75) is 142 Å². The molecule has 2 rings (SSSR count). The van der Waals surface area contributed by atoms with Gasteiger partial charge in [-0.1, -0.05) is 163 Å². The smallest absolute Gasteiger partial charge is 0.247 e. The highest BCUT2D eigenvalue weighted by molar-refractivity contribution is 6.37. The third kappa shape index (κ3) is 22.3. The van der Waals surface area contributed by atoms with Gasteiger partial charge >= 0.3 is 23.9 Å². The summed E-state index contributed by atoms with van der Waals surface area (Å²) < 4.78 is 0. The van der Waals surface area contributed by atoms with Gasteiger partial charge in [0.2, 0.25) is 0 Å². The average Bonchev–Trinajstić information content (AvgIpc) is 3.08. The van der Waals surface area contributed by atoms with Crippen LogP contribution in [-0.4, -0.2) is 23.9 Å².